The lowest BCUT2D eigenvalue weighted by Gasteiger charge is -2.13. The van der Waals surface area contributed by atoms with Gasteiger partial charge >= 0.3 is 11.9 Å². The maximum Gasteiger partial charge on any atom is 0.366 e. The zero-order valence-electron chi connectivity index (χ0n) is 12.5. The highest BCUT2D eigenvalue weighted by Crippen LogP contribution is 2.29. The second-order valence-corrected chi connectivity index (χ2v) is 4.42. The topological polar surface area (TPSA) is 94.1 Å². The molecule has 7 heteroatoms. The number of carbonyl (C=O) groups is 2. The molecule has 0 spiro atoms. The summed E-state index contributed by atoms with van der Waals surface area (Å²) in [5, 5.41) is 9.13. The van der Waals surface area contributed by atoms with Crippen molar-refractivity contribution >= 4 is 17.6 Å². The van der Waals surface area contributed by atoms with Crippen LogP contribution in [0.1, 0.15) is 20.7 Å². The average Bonchev–Trinajstić information content (AvgIpc) is 2.59. The first kappa shape index (κ1) is 16.2. The largest absolute Gasteiger partial charge is 0.496 e. The van der Waals surface area contributed by atoms with Crippen LogP contribution in [-0.2, 0) is 4.84 Å². The number of aromatic carboxylic acids is 1. The molecule has 2 aromatic carbocycles. The van der Waals surface area contributed by atoms with Gasteiger partial charge in [0.25, 0.3) is 0 Å². The summed E-state index contributed by atoms with van der Waals surface area (Å²) in [5.41, 5.74) is 3.02. The first-order chi connectivity index (χ1) is 11.1. The summed E-state index contributed by atoms with van der Waals surface area (Å²) < 4.78 is 10.1. The van der Waals surface area contributed by atoms with E-state index in [0.717, 1.165) is 0 Å². The standard InChI is InChI=1S/C16H15NO6/c1-21-13-9-12(14(22-2)8-11(13)15(18)19)16(20)23-17-10-6-4-3-5-7-10/h3-9,17H,1-2H3,(H,18,19). The van der Waals surface area contributed by atoms with Crippen LogP contribution in [-0.4, -0.2) is 31.3 Å². The highest BCUT2D eigenvalue weighted by atomic mass is 16.7. The van der Waals surface area contributed by atoms with Gasteiger partial charge in [-0.3, -0.25) is 0 Å². The zero-order chi connectivity index (χ0) is 16.8. The van der Waals surface area contributed by atoms with Gasteiger partial charge in [0.2, 0.25) is 0 Å². The number of methoxy groups -OCH3 is 2. The Balaban J connectivity index is 2.26. The van der Waals surface area contributed by atoms with E-state index in [1.807, 2.05) is 6.07 Å². The van der Waals surface area contributed by atoms with Crippen LogP contribution >= 0.6 is 0 Å². The number of para-hydroxylation sites is 1. The molecular formula is C16H15NO6. The minimum absolute atomic E-state index is 0.0324. The lowest BCUT2D eigenvalue weighted by Crippen LogP contribution is -2.13. The molecule has 0 aromatic heterocycles. The molecule has 0 unspecified atom stereocenters. The van der Waals surface area contributed by atoms with Crippen LogP contribution in [0.2, 0.25) is 0 Å². The maximum atomic E-state index is 12.2. The van der Waals surface area contributed by atoms with Crippen LogP contribution in [0.25, 0.3) is 0 Å². The molecule has 2 rings (SSSR count). The molecule has 0 bridgehead atoms. The van der Waals surface area contributed by atoms with Gasteiger partial charge in [0, 0.05) is 0 Å². The molecule has 0 aliphatic carbocycles. The second-order valence-electron chi connectivity index (χ2n) is 4.42. The smallest absolute Gasteiger partial charge is 0.366 e. The third kappa shape index (κ3) is 3.70. The molecule has 0 saturated carbocycles. The fraction of sp³-hybridized carbons (Fsp3) is 0.125. The van der Waals surface area contributed by atoms with Crippen molar-refractivity contribution < 1.29 is 29.0 Å². The monoisotopic (exact) mass is 317 g/mol. The Labute approximate surface area is 132 Å². The first-order valence-corrected chi connectivity index (χ1v) is 6.58. The van der Waals surface area contributed by atoms with Crippen molar-refractivity contribution in [2.24, 2.45) is 0 Å². The van der Waals surface area contributed by atoms with Crippen molar-refractivity contribution in [2.75, 3.05) is 19.7 Å². The predicted molar refractivity (Wildman–Crippen MR) is 82.0 cm³/mol. The molecule has 120 valence electrons. The minimum Gasteiger partial charge on any atom is -0.496 e. The Bertz CT molecular complexity index is 714. The fourth-order valence-electron chi connectivity index (χ4n) is 1.89. The summed E-state index contributed by atoms with van der Waals surface area (Å²) in [7, 11) is 2.64. The van der Waals surface area contributed by atoms with Gasteiger partial charge in [0.1, 0.15) is 22.6 Å². The quantitative estimate of drug-likeness (QED) is 0.791. The van der Waals surface area contributed by atoms with Crippen molar-refractivity contribution in [2.45, 2.75) is 0 Å². The molecule has 0 heterocycles. The van der Waals surface area contributed by atoms with E-state index in [0.29, 0.717) is 5.69 Å². The van der Waals surface area contributed by atoms with E-state index in [-0.39, 0.29) is 22.6 Å². The lowest BCUT2D eigenvalue weighted by molar-refractivity contribution is 0.0589. The van der Waals surface area contributed by atoms with Crippen LogP contribution in [0, 0.1) is 0 Å². The molecule has 7 nitrogen and oxygen atoms in total. The molecule has 0 saturated heterocycles. The van der Waals surface area contributed by atoms with E-state index in [9.17, 15) is 9.59 Å². The normalized spacial score (nSPS) is 9.83. The van der Waals surface area contributed by atoms with Gasteiger partial charge in [-0.2, -0.15) is 0 Å². The Morgan fingerprint density at radius 1 is 0.957 bits per heavy atom. The van der Waals surface area contributed by atoms with E-state index in [2.05, 4.69) is 5.48 Å². The third-order valence-electron chi connectivity index (χ3n) is 3.01. The van der Waals surface area contributed by atoms with Gasteiger partial charge in [0.15, 0.2) is 0 Å². The number of carbonyl (C=O) groups excluding carboxylic acids is 1. The Kier molecular flexibility index (Phi) is 5.03. The number of nitrogens with one attached hydrogen (secondary N) is 1. The Hall–Kier alpha value is -3.22. The van der Waals surface area contributed by atoms with Gasteiger partial charge in [0.05, 0.1) is 19.9 Å². The molecule has 2 aromatic rings. The summed E-state index contributed by atoms with van der Waals surface area (Å²) in [6.45, 7) is 0. The lowest BCUT2D eigenvalue weighted by atomic mass is 10.1. The maximum absolute atomic E-state index is 12.2. The van der Waals surface area contributed by atoms with Crippen LogP contribution in [0.5, 0.6) is 11.5 Å². The number of rotatable bonds is 6. The second kappa shape index (κ2) is 7.17. The van der Waals surface area contributed by atoms with Crippen molar-refractivity contribution in [3.63, 3.8) is 0 Å². The van der Waals surface area contributed by atoms with Crippen LogP contribution in [0.4, 0.5) is 5.69 Å². The van der Waals surface area contributed by atoms with E-state index < -0.39 is 11.9 Å². The molecule has 0 fully saturated rings. The molecule has 23 heavy (non-hydrogen) atoms. The molecule has 0 aliphatic heterocycles. The molecule has 0 radical (unpaired) electrons. The van der Waals surface area contributed by atoms with Crippen LogP contribution in [0.15, 0.2) is 42.5 Å². The Morgan fingerprint density at radius 3 is 2.09 bits per heavy atom. The third-order valence-corrected chi connectivity index (χ3v) is 3.01. The van der Waals surface area contributed by atoms with Crippen molar-refractivity contribution in [1.82, 2.24) is 0 Å². The summed E-state index contributed by atoms with van der Waals surface area (Å²) in [5.74, 6) is -1.82. The van der Waals surface area contributed by atoms with Gasteiger partial charge in [-0.1, -0.05) is 18.2 Å². The molecule has 0 amide bonds. The Morgan fingerprint density at radius 2 is 1.52 bits per heavy atom. The van der Waals surface area contributed by atoms with Crippen LogP contribution in [0.3, 0.4) is 0 Å². The van der Waals surface area contributed by atoms with E-state index in [1.54, 1.807) is 24.3 Å². The first-order valence-electron chi connectivity index (χ1n) is 6.58. The van der Waals surface area contributed by atoms with Gasteiger partial charge < -0.3 is 19.4 Å². The number of carboxylic acid groups (broad SMARTS) is 1. The SMILES string of the molecule is COc1cc(C(=O)ONc2ccccc2)c(OC)cc1C(=O)O. The number of hydrogen-bond acceptors (Lipinski definition) is 6. The molecule has 2 N–H and O–H groups in total. The average molecular weight is 317 g/mol. The summed E-state index contributed by atoms with van der Waals surface area (Å²) in [6.07, 6.45) is 0. The predicted octanol–water partition coefficient (Wildman–Crippen LogP) is 2.59. The van der Waals surface area contributed by atoms with E-state index in [1.165, 1.54) is 26.4 Å². The molecule has 0 atom stereocenters. The van der Waals surface area contributed by atoms with Crippen molar-refractivity contribution in [3.05, 3.63) is 53.6 Å². The zero-order valence-corrected chi connectivity index (χ0v) is 12.5. The van der Waals surface area contributed by atoms with Gasteiger partial charge in [-0.25, -0.2) is 15.1 Å². The number of ether oxygens (including phenoxy) is 2. The highest BCUT2D eigenvalue weighted by Gasteiger charge is 2.21. The summed E-state index contributed by atoms with van der Waals surface area (Å²) in [4.78, 5) is 28.3. The van der Waals surface area contributed by atoms with Crippen molar-refractivity contribution in [3.8, 4) is 11.5 Å². The highest BCUT2D eigenvalue weighted by molar-refractivity contribution is 5.98. The summed E-state index contributed by atoms with van der Waals surface area (Å²) >= 11 is 0. The fourth-order valence-corrected chi connectivity index (χ4v) is 1.89. The van der Waals surface area contributed by atoms with E-state index in [4.69, 9.17) is 19.4 Å². The number of benzene rings is 2. The van der Waals surface area contributed by atoms with Crippen LogP contribution < -0.4 is 15.0 Å². The number of anilines is 1. The van der Waals surface area contributed by atoms with E-state index >= 15 is 0 Å². The van der Waals surface area contributed by atoms with Gasteiger partial charge in [-0.15, -0.1) is 0 Å². The number of carboxylic acids is 1. The molecule has 0 aliphatic rings. The number of hydrogen-bond donors (Lipinski definition) is 2. The minimum atomic E-state index is -1.19. The summed E-state index contributed by atoms with van der Waals surface area (Å²) in [6, 6.07) is 11.3. The van der Waals surface area contributed by atoms with Gasteiger partial charge in [-0.05, 0) is 24.3 Å². The van der Waals surface area contributed by atoms with Crippen molar-refractivity contribution in [1.29, 1.82) is 0 Å². The molecular weight excluding hydrogens is 302 g/mol.